The second-order valence-corrected chi connectivity index (χ2v) is 8.44. The summed E-state index contributed by atoms with van der Waals surface area (Å²) in [5.41, 5.74) is 1.13. The van der Waals surface area contributed by atoms with Gasteiger partial charge in [-0.1, -0.05) is 18.2 Å². The molecule has 3 heterocycles. The van der Waals surface area contributed by atoms with E-state index in [4.69, 9.17) is 9.47 Å². The molecule has 0 aromatic heterocycles. The number of aliphatic hydroxyl groups excluding tert-OH is 1. The predicted octanol–water partition coefficient (Wildman–Crippen LogP) is 3.03. The molecule has 5 rings (SSSR count). The highest BCUT2D eigenvalue weighted by molar-refractivity contribution is 5.37. The molecule has 4 aliphatic rings. The molecule has 5 nitrogen and oxygen atoms in total. The van der Waals surface area contributed by atoms with Gasteiger partial charge in [0.15, 0.2) is 0 Å². The van der Waals surface area contributed by atoms with Crippen molar-refractivity contribution >= 4 is 0 Å². The van der Waals surface area contributed by atoms with Crippen LogP contribution in [-0.2, 0) is 4.74 Å². The van der Waals surface area contributed by atoms with Crippen molar-refractivity contribution in [2.24, 2.45) is 0 Å². The van der Waals surface area contributed by atoms with E-state index >= 15 is 0 Å². The van der Waals surface area contributed by atoms with Crippen molar-refractivity contribution < 1.29 is 27.8 Å². The van der Waals surface area contributed by atoms with Crippen molar-refractivity contribution in [3.05, 3.63) is 29.8 Å². The Kier molecular flexibility index (Phi) is 6.06. The zero-order chi connectivity index (χ0) is 20.6. The zero-order valence-corrected chi connectivity index (χ0v) is 16.6. The fraction of sp³-hybridized carbons (Fsp3) is 0.714. The van der Waals surface area contributed by atoms with Gasteiger partial charge in [-0.25, -0.2) is 0 Å². The summed E-state index contributed by atoms with van der Waals surface area (Å²) in [4.78, 5) is 1.84. The van der Waals surface area contributed by atoms with E-state index in [2.05, 4.69) is 11.4 Å². The number of para-hydroxylation sites is 1. The van der Waals surface area contributed by atoms with Crippen molar-refractivity contribution in [1.82, 2.24) is 10.2 Å². The monoisotopic (exact) mass is 414 g/mol. The molecule has 1 aliphatic carbocycles. The number of aliphatic hydroxyl groups is 1. The molecule has 2 fully saturated rings. The van der Waals surface area contributed by atoms with Crippen LogP contribution in [0, 0.1) is 0 Å². The predicted molar refractivity (Wildman–Crippen MR) is 102 cm³/mol. The minimum Gasteiger partial charge on any atom is -0.489 e. The van der Waals surface area contributed by atoms with E-state index in [1.165, 1.54) is 0 Å². The summed E-state index contributed by atoms with van der Waals surface area (Å²) in [6.45, 7) is 2.12. The Morgan fingerprint density at radius 1 is 1.21 bits per heavy atom. The summed E-state index contributed by atoms with van der Waals surface area (Å²) in [5, 5.41) is 13.5. The molecule has 8 heteroatoms. The maximum atomic E-state index is 13.1. The normalized spacial score (nSPS) is 34.4. The molecular formula is C21H29F3N2O3. The topological polar surface area (TPSA) is 54.0 Å². The van der Waals surface area contributed by atoms with Gasteiger partial charge in [-0.3, -0.25) is 4.90 Å². The number of benzene rings is 1. The Bertz CT molecular complexity index is 696. The van der Waals surface area contributed by atoms with Crippen molar-refractivity contribution in [3.63, 3.8) is 0 Å². The summed E-state index contributed by atoms with van der Waals surface area (Å²) < 4.78 is 51.4. The Labute approximate surface area is 169 Å². The van der Waals surface area contributed by atoms with Crippen LogP contribution in [0.3, 0.4) is 0 Å². The Balaban J connectivity index is 1.53. The summed E-state index contributed by atoms with van der Waals surface area (Å²) in [5.74, 6) is 1.12. The molecule has 1 saturated heterocycles. The number of fused-ring (bicyclic) bond motifs is 3. The van der Waals surface area contributed by atoms with Gasteiger partial charge in [0.05, 0.1) is 18.8 Å². The van der Waals surface area contributed by atoms with E-state index in [0.717, 1.165) is 31.1 Å². The lowest BCUT2D eigenvalue weighted by Crippen LogP contribution is -2.62. The summed E-state index contributed by atoms with van der Waals surface area (Å²) in [6, 6.07) is 5.51. The molecule has 162 valence electrons. The number of ether oxygens (including phenoxy) is 2. The molecule has 0 radical (unpaired) electrons. The van der Waals surface area contributed by atoms with Gasteiger partial charge >= 0.3 is 6.18 Å². The molecule has 1 saturated carbocycles. The van der Waals surface area contributed by atoms with Gasteiger partial charge in [0.25, 0.3) is 0 Å². The highest BCUT2D eigenvalue weighted by Gasteiger charge is 2.43. The lowest BCUT2D eigenvalue weighted by atomic mass is 9.77. The number of alkyl halides is 3. The maximum absolute atomic E-state index is 13.1. The molecule has 1 aromatic carbocycles. The lowest BCUT2D eigenvalue weighted by molar-refractivity contribution is -0.160. The average Bonchev–Trinajstić information content (AvgIpc) is 2.64. The quantitative estimate of drug-likeness (QED) is 0.779. The highest BCUT2D eigenvalue weighted by atomic mass is 19.4. The fourth-order valence-corrected chi connectivity index (χ4v) is 4.67. The molecule has 0 spiro atoms. The van der Waals surface area contributed by atoms with Crippen LogP contribution >= 0.6 is 0 Å². The minimum absolute atomic E-state index is 0.0746. The Hall–Kier alpha value is -1.35. The molecule has 2 bridgehead atoms. The van der Waals surface area contributed by atoms with Gasteiger partial charge in [-0.05, 0) is 50.2 Å². The van der Waals surface area contributed by atoms with Gasteiger partial charge in [0.2, 0.25) is 0 Å². The second-order valence-electron chi connectivity index (χ2n) is 8.44. The second kappa shape index (κ2) is 8.41. The van der Waals surface area contributed by atoms with Crippen LogP contribution in [0.1, 0.15) is 44.1 Å². The van der Waals surface area contributed by atoms with Gasteiger partial charge < -0.3 is 19.9 Å². The number of hydrogen-bond acceptors (Lipinski definition) is 5. The summed E-state index contributed by atoms with van der Waals surface area (Å²) in [6.07, 6.45) is -2.03. The number of rotatable bonds is 2. The van der Waals surface area contributed by atoms with E-state index in [1.54, 1.807) is 0 Å². The first-order valence-electron chi connectivity index (χ1n) is 10.4. The summed E-state index contributed by atoms with van der Waals surface area (Å²) in [7, 11) is 0. The minimum atomic E-state index is -4.30. The van der Waals surface area contributed by atoms with Gasteiger partial charge in [0, 0.05) is 12.6 Å². The van der Waals surface area contributed by atoms with E-state index < -0.39 is 24.5 Å². The van der Waals surface area contributed by atoms with E-state index in [1.807, 2.05) is 23.1 Å². The van der Waals surface area contributed by atoms with Crippen LogP contribution in [0.2, 0.25) is 0 Å². The lowest BCUT2D eigenvalue weighted by Gasteiger charge is -2.46. The summed E-state index contributed by atoms with van der Waals surface area (Å²) >= 11 is 0. The first-order chi connectivity index (χ1) is 13.8. The molecular weight excluding hydrogens is 385 g/mol. The number of nitrogens with zero attached hydrogens (tertiary/aromatic N) is 1. The zero-order valence-electron chi connectivity index (χ0n) is 16.6. The van der Waals surface area contributed by atoms with Crippen LogP contribution in [0.4, 0.5) is 13.2 Å². The van der Waals surface area contributed by atoms with Crippen molar-refractivity contribution in [1.29, 1.82) is 0 Å². The van der Waals surface area contributed by atoms with E-state index in [0.29, 0.717) is 31.9 Å². The van der Waals surface area contributed by atoms with Crippen LogP contribution < -0.4 is 10.1 Å². The first-order valence-corrected chi connectivity index (χ1v) is 10.4. The average molecular weight is 414 g/mol. The van der Waals surface area contributed by atoms with E-state index in [-0.39, 0.29) is 18.8 Å². The van der Waals surface area contributed by atoms with Crippen molar-refractivity contribution in [2.75, 3.05) is 19.8 Å². The van der Waals surface area contributed by atoms with Gasteiger partial charge in [-0.2, -0.15) is 13.2 Å². The van der Waals surface area contributed by atoms with Crippen LogP contribution in [-0.4, -0.2) is 66.4 Å². The van der Waals surface area contributed by atoms with E-state index in [9.17, 15) is 18.3 Å². The maximum Gasteiger partial charge on any atom is 0.403 e. The van der Waals surface area contributed by atoms with Crippen molar-refractivity contribution in [3.8, 4) is 5.75 Å². The first kappa shape index (κ1) is 20.9. The third-order valence-corrected chi connectivity index (χ3v) is 6.50. The number of nitrogens with one attached hydrogen (secondary N) is 1. The smallest absolute Gasteiger partial charge is 0.403 e. The molecule has 29 heavy (non-hydrogen) atoms. The van der Waals surface area contributed by atoms with Gasteiger partial charge in [0.1, 0.15) is 24.6 Å². The molecule has 0 amide bonds. The van der Waals surface area contributed by atoms with Crippen LogP contribution in [0.25, 0.3) is 0 Å². The standard InChI is InChI=1S/C21H29F3N2O3/c1-13(21(22,23)24)25-17-6-4-8-26-18(17)11-28-15-9-14(10-15)16-5-2-3-7-19(16)29-12-20(26)27/h2-3,5,7,13-15,17-18,20,25,27H,4,6,8-12H2,1H3/t13-,14?,15?,17+,18-,20?/m1/s1. The van der Waals surface area contributed by atoms with Crippen molar-refractivity contribution in [2.45, 2.75) is 75.2 Å². The highest BCUT2D eigenvalue weighted by Crippen LogP contribution is 2.43. The molecule has 2 N–H and O–H groups in total. The van der Waals surface area contributed by atoms with Gasteiger partial charge in [-0.15, -0.1) is 0 Å². The molecule has 4 atom stereocenters. The molecule has 1 aromatic rings. The SMILES string of the molecule is C[C@@H](N[C@H]1CCCN2C(O)COc3ccccc3C3CC(C3)OC[C@H]12)C(F)(F)F. The Morgan fingerprint density at radius 2 is 1.97 bits per heavy atom. The van der Waals surface area contributed by atoms with Crippen LogP contribution in [0.5, 0.6) is 5.75 Å². The number of piperidine rings is 1. The number of halogens is 3. The number of hydrogen-bond donors (Lipinski definition) is 2. The Morgan fingerprint density at radius 3 is 2.72 bits per heavy atom. The largest absolute Gasteiger partial charge is 0.489 e. The van der Waals surface area contributed by atoms with Crippen LogP contribution in [0.15, 0.2) is 24.3 Å². The fourth-order valence-electron chi connectivity index (χ4n) is 4.67. The third-order valence-electron chi connectivity index (χ3n) is 6.50. The molecule has 1 unspecified atom stereocenters. The molecule has 3 aliphatic heterocycles. The third kappa shape index (κ3) is 4.55.